The monoisotopic (exact) mass is 282 g/mol. The van der Waals surface area contributed by atoms with Crippen LogP contribution < -0.4 is 10.2 Å². The van der Waals surface area contributed by atoms with Gasteiger partial charge in [0.1, 0.15) is 5.69 Å². The molecule has 1 amide bonds. The minimum atomic E-state index is -0.173. The van der Waals surface area contributed by atoms with E-state index in [-0.39, 0.29) is 5.91 Å². The zero-order chi connectivity index (χ0) is 14.5. The molecule has 2 aromatic heterocycles. The van der Waals surface area contributed by atoms with E-state index in [4.69, 9.17) is 0 Å². The average molecular weight is 282 g/mol. The predicted molar refractivity (Wildman–Crippen MR) is 81.1 cm³/mol. The molecule has 108 valence electrons. The van der Waals surface area contributed by atoms with Crippen molar-refractivity contribution in [2.75, 3.05) is 18.0 Å². The first-order valence-electron chi connectivity index (χ1n) is 7.22. The van der Waals surface area contributed by atoms with E-state index in [1.54, 1.807) is 18.5 Å². The highest BCUT2D eigenvalue weighted by molar-refractivity contribution is 5.92. The van der Waals surface area contributed by atoms with E-state index in [9.17, 15) is 4.79 Å². The summed E-state index contributed by atoms with van der Waals surface area (Å²) in [5.41, 5.74) is 2.36. The molecule has 0 saturated carbocycles. The molecule has 0 unspecified atom stereocenters. The van der Waals surface area contributed by atoms with Crippen LogP contribution >= 0.6 is 0 Å². The number of carbonyl (C=O) groups excluding carboxylic acids is 1. The highest BCUT2D eigenvalue weighted by Crippen LogP contribution is 2.18. The topological polar surface area (TPSA) is 58.1 Å². The van der Waals surface area contributed by atoms with E-state index >= 15 is 0 Å². The van der Waals surface area contributed by atoms with Gasteiger partial charge in [0, 0.05) is 19.3 Å². The molecule has 3 heterocycles. The molecule has 0 bridgehead atoms. The van der Waals surface area contributed by atoms with Crippen LogP contribution in [0.5, 0.6) is 0 Å². The summed E-state index contributed by atoms with van der Waals surface area (Å²) in [4.78, 5) is 22.8. The first kappa shape index (κ1) is 13.5. The summed E-state index contributed by atoms with van der Waals surface area (Å²) >= 11 is 0. The van der Waals surface area contributed by atoms with E-state index in [1.807, 2.05) is 24.3 Å². The SMILES string of the molecule is O=C(NCc1ccccn1)c1ccc(N2CCCC2)cn1. The molecular formula is C16H18N4O. The van der Waals surface area contributed by atoms with Gasteiger partial charge < -0.3 is 10.2 Å². The second-order valence-corrected chi connectivity index (χ2v) is 5.10. The van der Waals surface area contributed by atoms with Crippen LogP contribution in [0.3, 0.4) is 0 Å². The molecule has 1 aliphatic heterocycles. The molecule has 0 aliphatic carbocycles. The lowest BCUT2D eigenvalue weighted by atomic mass is 10.3. The molecule has 0 radical (unpaired) electrons. The molecule has 5 heteroatoms. The number of pyridine rings is 2. The van der Waals surface area contributed by atoms with E-state index < -0.39 is 0 Å². The van der Waals surface area contributed by atoms with Gasteiger partial charge in [-0.3, -0.25) is 9.78 Å². The summed E-state index contributed by atoms with van der Waals surface area (Å²) in [5.74, 6) is -0.173. The summed E-state index contributed by atoms with van der Waals surface area (Å²) in [6.07, 6.45) is 5.95. The van der Waals surface area contributed by atoms with Gasteiger partial charge in [-0.05, 0) is 37.1 Å². The summed E-state index contributed by atoms with van der Waals surface area (Å²) in [6.45, 7) is 2.56. The van der Waals surface area contributed by atoms with Gasteiger partial charge in [0.2, 0.25) is 0 Å². The van der Waals surface area contributed by atoms with Crippen molar-refractivity contribution in [3.63, 3.8) is 0 Å². The molecule has 2 aromatic rings. The fourth-order valence-electron chi connectivity index (χ4n) is 2.45. The van der Waals surface area contributed by atoms with Crippen molar-refractivity contribution in [2.24, 2.45) is 0 Å². The lowest BCUT2D eigenvalue weighted by Crippen LogP contribution is -2.24. The van der Waals surface area contributed by atoms with Gasteiger partial charge in [0.05, 0.1) is 24.1 Å². The normalized spacial score (nSPS) is 14.2. The first-order chi connectivity index (χ1) is 10.3. The van der Waals surface area contributed by atoms with Gasteiger partial charge in [-0.25, -0.2) is 4.98 Å². The van der Waals surface area contributed by atoms with Crippen molar-refractivity contribution in [3.8, 4) is 0 Å². The Morgan fingerprint density at radius 2 is 2.00 bits per heavy atom. The van der Waals surface area contributed by atoms with E-state index in [2.05, 4.69) is 20.2 Å². The van der Waals surface area contributed by atoms with Crippen LogP contribution in [0.2, 0.25) is 0 Å². The summed E-state index contributed by atoms with van der Waals surface area (Å²) < 4.78 is 0. The summed E-state index contributed by atoms with van der Waals surface area (Å²) in [6, 6.07) is 9.38. The Balaban J connectivity index is 1.59. The van der Waals surface area contributed by atoms with Gasteiger partial charge in [0.15, 0.2) is 0 Å². The molecular weight excluding hydrogens is 264 g/mol. The fraction of sp³-hybridized carbons (Fsp3) is 0.312. The van der Waals surface area contributed by atoms with Crippen molar-refractivity contribution < 1.29 is 4.79 Å². The zero-order valence-corrected chi connectivity index (χ0v) is 11.8. The zero-order valence-electron chi connectivity index (χ0n) is 11.8. The molecule has 5 nitrogen and oxygen atoms in total. The van der Waals surface area contributed by atoms with Gasteiger partial charge in [-0.1, -0.05) is 6.07 Å². The molecule has 1 saturated heterocycles. The highest BCUT2D eigenvalue weighted by Gasteiger charge is 2.13. The maximum atomic E-state index is 12.0. The Morgan fingerprint density at radius 1 is 1.14 bits per heavy atom. The third-order valence-electron chi connectivity index (χ3n) is 3.61. The maximum absolute atomic E-state index is 12.0. The van der Waals surface area contributed by atoms with Crippen molar-refractivity contribution in [1.29, 1.82) is 0 Å². The Kier molecular flexibility index (Phi) is 4.09. The minimum Gasteiger partial charge on any atom is -0.370 e. The number of nitrogens with one attached hydrogen (secondary N) is 1. The number of aromatic nitrogens is 2. The van der Waals surface area contributed by atoms with E-state index in [1.165, 1.54) is 12.8 Å². The molecule has 1 fully saturated rings. The quantitative estimate of drug-likeness (QED) is 0.932. The lowest BCUT2D eigenvalue weighted by molar-refractivity contribution is 0.0945. The Labute approximate surface area is 124 Å². The van der Waals surface area contributed by atoms with Gasteiger partial charge in [0.25, 0.3) is 5.91 Å². The van der Waals surface area contributed by atoms with Crippen LogP contribution in [0.4, 0.5) is 5.69 Å². The lowest BCUT2D eigenvalue weighted by Gasteiger charge is -2.16. The minimum absolute atomic E-state index is 0.173. The number of hydrogen-bond donors (Lipinski definition) is 1. The van der Waals surface area contributed by atoms with Gasteiger partial charge >= 0.3 is 0 Å². The smallest absolute Gasteiger partial charge is 0.270 e. The van der Waals surface area contributed by atoms with E-state index in [0.717, 1.165) is 24.5 Å². The first-order valence-corrected chi connectivity index (χ1v) is 7.22. The van der Waals surface area contributed by atoms with Crippen LogP contribution in [0.25, 0.3) is 0 Å². The standard InChI is InChI=1S/C16H18N4O/c21-16(19-11-13-5-1-2-8-17-13)15-7-6-14(12-18-15)20-9-3-4-10-20/h1-2,5-8,12H,3-4,9-11H2,(H,19,21). The third-order valence-corrected chi connectivity index (χ3v) is 3.61. The summed E-state index contributed by atoms with van der Waals surface area (Å²) in [7, 11) is 0. The molecule has 3 rings (SSSR count). The average Bonchev–Trinajstić information content (AvgIpc) is 3.08. The van der Waals surface area contributed by atoms with Crippen LogP contribution in [-0.2, 0) is 6.54 Å². The number of rotatable bonds is 4. The van der Waals surface area contributed by atoms with Crippen molar-refractivity contribution in [2.45, 2.75) is 19.4 Å². The van der Waals surface area contributed by atoms with Crippen LogP contribution in [0.15, 0.2) is 42.7 Å². The molecule has 1 aliphatic rings. The molecule has 0 aromatic carbocycles. The van der Waals surface area contributed by atoms with Gasteiger partial charge in [-0.2, -0.15) is 0 Å². The van der Waals surface area contributed by atoms with Crippen molar-refractivity contribution in [1.82, 2.24) is 15.3 Å². The molecule has 0 atom stereocenters. The number of nitrogens with zero attached hydrogens (tertiary/aromatic N) is 3. The Morgan fingerprint density at radius 3 is 2.67 bits per heavy atom. The second-order valence-electron chi connectivity index (χ2n) is 5.10. The highest BCUT2D eigenvalue weighted by atomic mass is 16.1. The molecule has 0 spiro atoms. The number of carbonyl (C=O) groups is 1. The van der Waals surface area contributed by atoms with Crippen molar-refractivity contribution in [3.05, 3.63) is 54.1 Å². The Bertz CT molecular complexity index is 591. The Hall–Kier alpha value is -2.43. The number of anilines is 1. The molecule has 1 N–H and O–H groups in total. The molecule has 21 heavy (non-hydrogen) atoms. The van der Waals surface area contributed by atoms with Crippen molar-refractivity contribution >= 4 is 11.6 Å². The van der Waals surface area contributed by atoms with Gasteiger partial charge in [-0.15, -0.1) is 0 Å². The van der Waals surface area contributed by atoms with Crippen LogP contribution in [0, 0.1) is 0 Å². The van der Waals surface area contributed by atoms with Crippen LogP contribution in [-0.4, -0.2) is 29.0 Å². The van der Waals surface area contributed by atoms with Crippen LogP contribution in [0.1, 0.15) is 29.0 Å². The van der Waals surface area contributed by atoms with E-state index in [0.29, 0.717) is 12.2 Å². The number of hydrogen-bond acceptors (Lipinski definition) is 4. The predicted octanol–water partition coefficient (Wildman–Crippen LogP) is 2.01. The summed E-state index contributed by atoms with van der Waals surface area (Å²) in [5, 5.41) is 2.83. The number of amides is 1. The fourth-order valence-corrected chi connectivity index (χ4v) is 2.45. The largest absolute Gasteiger partial charge is 0.370 e. The maximum Gasteiger partial charge on any atom is 0.270 e. The second kappa shape index (κ2) is 6.35. The third kappa shape index (κ3) is 3.37.